The first-order chi connectivity index (χ1) is 18.1. The van der Waals surface area contributed by atoms with Crippen molar-refractivity contribution in [3.05, 3.63) is 90.6 Å². The van der Waals surface area contributed by atoms with Gasteiger partial charge >= 0.3 is 5.69 Å². The Bertz CT molecular complexity index is 1880. The van der Waals surface area contributed by atoms with Crippen molar-refractivity contribution in [2.24, 2.45) is 7.05 Å². The van der Waals surface area contributed by atoms with Crippen LogP contribution in [0.5, 0.6) is 0 Å². The van der Waals surface area contributed by atoms with Gasteiger partial charge in [-0.05, 0) is 70.9 Å². The van der Waals surface area contributed by atoms with E-state index in [1.165, 1.54) is 39.8 Å². The molecule has 0 aliphatic heterocycles. The first-order valence-electron chi connectivity index (χ1n) is 11.9. The Morgan fingerprint density at radius 2 is 1.87 bits per heavy atom. The van der Waals surface area contributed by atoms with E-state index in [-0.39, 0.29) is 48.1 Å². The van der Waals surface area contributed by atoms with Gasteiger partial charge in [0.05, 0.1) is 16.9 Å². The summed E-state index contributed by atoms with van der Waals surface area (Å²) in [5.74, 6) is 1.76. The molecule has 0 amide bonds. The maximum absolute atomic E-state index is 14.9. The van der Waals surface area contributed by atoms with Crippen LogP contribution in [0.25, 0.3) is 16.6 Å². The van der Waals surface area contributed by atoms with Gasteiger partial charge in [0.2, 0.25) is 0 Å². The van der Waals surface area contributed by atoms with Gasteiger partial charge in [0, 0.05) is 24.2 Å². The van der Waals surface area contributed by atoms with Crippen molar-refractivity contribution in [2.75, 3.05) is 5.32 Å². The number of aryl methyl sites for hydroxylation is 1. The number of aromatic nitrogens is 3. The highest BCUT2D eigenvalue weighted by Gasteiger charge is 2.31. The molecule has 2 heterocycles. The maximum Gasteiger partial charge on any atom is 0.336 e. The molecule has 4 aromatic rings. The standard InChI is InChI=1S/C28H24FN4O4P/c1-5-17-9-12-22(21(29)13-17)30-25-23-24(15(2)26(35)31(25)4)32(28(37)33(27(23)36)18-10-11-18)19-7-6-8-20(14-19)38-16(3)34/h1,6-9,12-14,18,30,38H,10-11H2,2-4H3. The topological polar surface area (TPSA) is 95.1 Å². The molecule has 0 bridgehead atoms. The largest absolute Gasteiger partial charge is 0.338 e. The van der Waals surface area contributed by atoms with Crippen LogP contribution in [0.1, 0.15) is 36.9 Å². The van der Waals surface area contributed by atoms with Gasteiger partial charge < -0.3 is 5.32 Å². The summed E-state index contributed by atoms with van der Waals surface area (Å²) in [5, 5.41) is 3.71. The van der Waals surface area contributed by atoms with Crippen molar-refractivity contribution >= 4 is 41.8 Å². The van der Waals surface area contributed by atoms with E-state index in [2.05, 4.69) is 11.2 Å². The first kappa shape index (κ1) is 25.4. The summed E-state index contributed by atoms with van der Waals surface area (Å²) < 4.78 is 18.7. The van der Waals surface area contributed by atoms with Gasteiger partial charge in [-0.1, -0.05) is 18.1 Å². The summed E-state index contributed by atoms with van der Waals surface area (Å²) in [6.07, 6.45) is 6.71. The molecule has 2 aromatic heterocycles. The third-order valence-electron chi connectivity index (χ3n) is 6.57. The molecule has 1 aliphatic carbocycles. The molecule has 0 radical (unpaired) electrons. The lowest BCUT2D eigenvalue weighted by molar-refractivity contribution is -0.109. The molecule has 8 nitrogen and oxygen atoms in total. The minimum absolute atomic E-state index is 0.0169. The Morgan fingerprint density at radius 1 is 1.13 bits per heavy atom. The van der Waals surface area contributed by atoms with Crippen LogP contribution in [-0.4, -0.2) is 19.2 Å². The summed E-state index contributed by atoms with van der Waals surface area (Å²) in [6, 6.07) is 10.8. The summed E-state index contributed by atoms with van der Waals surface area (Å²) in [7, 11) is 1.37. The third kappa shape index (κ3) is 4.27. The molecule has 1 unspecified atom stereocenters. The highest BCUT2D eigenvalue weighted by atomic mass is 31.1. The molecule has 38 heavy (non-hydrogen) atoms. The van der Waals surface area contributed by atoms with Crippen molar-refractivity contribution in [3.8, 4) is 18.0 Å². The van der Waals surface area contributed by atoms with E-state index in [9.17, 15) is 23.6 Å². The van der Waals surface area contributed by atoms with E-state index in [0.717, 1.165) is 5.30 Å². The van der Waals surface area contributed by atoms with Gasteiger partial charge in [-0.25, -0.2) is 9.18 Å². The fourth-order valence-corrected chi connectivity index (χ4v) is 5.42. The number of fused-ring (bicyclic) bond motifs is 1. The number of anilines is 2. The number of terminal acetylenes is 1. The monoisotopic (exact) mass is 530 g/mol. The first-order valence-corrected chi connectivity index (χ1v) is 12.9. The van der Waals surface area contributed by atoms with Crippen molar-refractivity contribution in [1.29, 1.82) is 0 Å². The number of carbonyl (C=O) groups excluding carboxylic acids is 1. The zero-order chi connectivity index (χ0) is 27.3. The van der Waals surface area contributed by atoms with E-state index < -0.39 is 22.6 Å². The Morgan fingerprint density at radius 3 is 2.50 bits per heavy atom. The Kier molecular flexibility index (Phi) is 6.38. The van der Waals surface area contributed by atoms with E-state index in [1.807, 2.05) is 0 Å². The van der Waals surface area contributed by atoms with Gasteiger partial charge in [0.1, 0.15) is 17.0 Å². The molecule has 0 spiro atoms. The summed E-state index contributed by atoms with van der Waals surface area (Å²) >= 11 is 0. The normalized spacial score (nSPS) is 13.2. The average molecular weight is 530 g/mol. The number of pyridine rings is 1. The van der Waals surface area contributed by atoms with Crippen molar-refractivity contribution in [3.63, 3.8) is 0 Å². The molecule has 1 aliphatic rings. The number of halogens is 1. The fraction of sp³-hybridized carbons (Fsp3) is 0.214. The predicted molar refractivity (Wildman–Crippen MR) is 148 cm³/mol. The van der Waals surface area contributed by atoms with Crippen LogP contribution >= 0.6 is 8.58 Å². The highest BCUT2D eigenvalue weighted by molar-refractivity contribution is 7.65. The van der Waals surface area contributed by atoms with Crippen LogP contribution in [0.15, 0.2) is 56.8 Å². The molecule has 1 atom stereocenters. The Balaban J connectivity index is 1.89. The molecular formula is C28H24FN4O4P. The van der Waals surface area contributed by atoms with Gasteiger partial charge in [-0.2, -0.15) is 0 Å². The minimum Gasteiger partial charge on any atom is -0.338 e. The average Bonchev–Trinajstić information content (AvgIpc) is 3.71. The van der Waals surface area contributed by atoms with E-state index >= 15 is 0 Å². The predicted octanol–water partition coefficient (Wildman–Crippen LogP) is 3.21. The van der Waals surface area contributed by atoms with Crippen LogP contribution in [0.3, 0.4) is 0 Å². The van der Waals surface area contributed by atoms with Crippen LogP contribution in [0.4, 0.5) is 15.9 Å². The molecule has 1 N–H and O–H groups in total. The van der Waals surface area contributed by atoms with E-state index in [0.29, 0.717) is 24.1 Å². The van der Waals surface area contributed by atoms with Gasteiger partial charge in [0.15, 0.2) is 5.52 Å². The zero-order valence-electron chi connectivity index (χ0n) is 21.0. The number of hydrogen-bond acceptors (Lipinski definition) is 5. The number of carbonyl (C=O) groups is 1. The molecule has 1 saturated carbocycles. The number of nitrogens with zero attached hydrogens (tertiary/aromatic N) is 3. The number of benzene rings is 2. The SMILES string of the molecule is C#Cc1ccc(Nc2c3c(=O)n(C4CC4)c(=O)n(-c4cccc(PC(C)=O)c4)c3c(C)c(=O)n2C)c(F)c1. The van der Waals surface area contributed by atoms with Crippen molar-refractivity contribution < 1.29 is 9.18 Å². The fourth-order valence-electron chi connectivity index (χ4n) is 4.62. The van der Waals surface area contributed by atoms with Gasteiger partial charge in [0.25, 0.3) is 11.1 Å². The van der Waals surface area contributed by atoms with Gasteiger partial charge in [-0.15, -0.1) is 6.42 Å². The smallest absolute Gasteiger partial charge is 0.336 e. The number of rotatable bonds is 6. The van der Waals surface area contributed by atoms with Gasteiger partial charge in [-0.3, -0.25) is 28.1 Å². The van der Waals surface area contributed by atoms with Crippen molar-refractivity contribution in [2.45, 2.75) is 32.7 Å². The summed E-state index contributed by atoms with van der Waals surface area (Å²) in [5.41, 5.74) is -0.508. The zero-order valence-corrected chi connectivity index (χ0v) is 22.0. The second-order valence-corrected chi connectivity index (χ2v) is 10.8. The molecular weight excluding hydrogens is 506 g/mol. The maximum atomic E-state index is 14.9. The summed E-state index contributed by atoms with van der Waals surface area (Å²) in [6.45, 7) is 3.04. The van der Waals surface area contributed by atoms with Crippen LogP contribution in [0, 0.1) is 25.1 Å². The lowest BCUT2D eigenvalue weighted by Crippen LogP contribution is -2.41. The lowest BCUT2D eigenvalue weighted by atomic mass is 10.1. The minimum atomic E-state index is -0.657. The molecule has 10 heteroatoms. The number of hydrogen-bond donors (Lipinski definition) is 1. The summed E-state index contributed by atoms with van der Waals surface area (Å²) in [4.78, 5) is 52.8. The Hall–Kier alpha value is -4.28. The second-order valence-electron chi connectivity index (χ2n) is 9.28. The quantitative estimate of drug-likeness (QED) is 0.305. The van der Waals surface area contributed by atoms with E-state index in [1.54, 1.807) is 37.3 Å². The molecule has 0 saturated heterocycles. The number of nitrogens with one attached hydrogen (secondary N) is 1. The van der Waals surface area contributed by atoms with Crippen molar-refractivity contribution in [1.82, 2.24) is 13.7 Å². The Labute approximate surface area is 218 Å². The van der Waals surface area contributed by atoms with Crippen LogP contribution in [-0.2, 0) is 11.8 Å². The molecule has 2 aromatic carbocycles. The van der Waals surface area contributed by atoms with Crippen LogP contribution in [0.2, 0.25) is 0 Å². The van der Waals surface area contributed by atoms with E-state index in [4.69, 9.17) is 6.42 Å². The van der Waals surface area contributed by atoms with Crippen LogP contribution < -0.4 is 27.4 Å². The highest BCUT2D eigenvalue weighted by Crippen LogP contribution is 2.34. The lowest BCUT2D eigenvalue weighted by Gasteiger charge is -2.21. The molecule has 1 fully saturated rings. The third-order valence-corrected chi connectivity index (χ3v) is 7.52. The second kappa shape index (κ2) is 9.55. The molecule has 192 valence electrons. The molecule has 5 rings (SSSR count).